The maximum atomic E-state index is 13.2. The van der Waals surface area contributed by atoms with Crippen LogP contribution in [0.1, 0.15) is 63.7 Å². The van der Waals surface area contributed by atoms with Gasteiger partial charge in [-0.15, -0.1) is 0 Å². The largest absolute Gasteiger partial charge is 0.465 e. The Labute approximate surface area is 263 Å². The van der Waals surface area contributed by atoms with Crippen LogP contribution < -0.4 is 0 Å². The number of ether oxygens (including phenoxy) is 2. The van der Waals surface area contributed by atoms with E-state index in [4.69, 9.17) is 19.4 Å². The van der Waals surface area contributed by atoms with Gasteiger partial charge < -0.3 is 19.4 Å². The van der Waals surface area contributed by atoms with Crippen LogP contribution in [0.2, 0.25) is 0 Å². The minimum absolute atomic E-state index is 0.328. The van der Waals surface area contributed by atoms with Crippen molar-refractivity contribution in [2.75, 3.05) is 14.2 Å². The van der Waals surface area contributed by atoms with Gasteiger partial charge in [0.2, 0.25) is 0 Å². The molecule has 0 fully saturated rings. The van der Waals surface area contributed by atoms with Crippen molar-refractivity contribution in [3.8, 4) is 11.1 Å². The first-order valence-electron chi connectivity index (χ1n) is 14.3. The number of halogens is 1. The van der Waals surface area contributed by atoms with Crippen molar-refractivity contribution in [2.45, 2.75) is 46.5 Å². The third-order valence-corrected chi connectivity index (χ3v) is 9.05. The molecule has 0 saturated heterocycles. The van der Waals surface area contributed by atoms with Gasteiger partial charge in [0.25, 0.3) is 0 Å². The summed E-state index contributed by atoms with van der Waals surface area (Å²) in [7, 11) is 2.75. The number of aromatic amines is 2. The maximum absolute atomic E-state index is 13.2. The van der Waals surface area contributed by atoms with Gasteiger partial charge in [0.05, 0.1) is 52.4 Å². The van der Waals surface area contributed by atoms with Gasteiger partial charge in [-0.3, -0.25) is 4.98 Å². The minimum Gasteiger partial charge on any atom is -0.465 e. The summed E-state index contributed by atoms with van der Waals surface area (Å²) >= 11 is 3.78. The van der Waals surface area contributed by atoms with Crippen molar-refractivity contribution in [3.05, 3.63) is 92.0 Å². The molecule has 0 aliphatic carbocycles. The highest BCUT2D eigenvalue weighted by Gasteiger charge is 2.32. The Bertz CT molecular complexity index is 2060. The molecule has 2 aliphatic rings. The molecule has 8 nitrogen and oxygen atoms in total. The molecule has 44 heavy (non-hydrogen) atoms. The van der Waals surface area contributed by atoms with Crippen LogP contribution in [0.5, 0.6) is 0 Å². The average Bonchev–Trinajstić information content (AvgIpc) is 3.75. The highest BCUT2D eigenvalue weighted by molar-refractivity contribution is 9.10. The summed E-state index contributed by atoms with van der Waals surface area (Å²) in [5, 5.41) is 0. The molecule has 0 amide bonds. The van der Waals surface area contributed by atoms with Gasteiger partial charge in [0.15, 0.2) is 0 Å². The number of carbonyl (C=O) groups is 2. The van der Waals surface area contributed by atoms with Crippen LogP contribution in [0.15, 0.2) is 46.9 Å². The SMILES string of the molecule is COC(=O)C1=Cc2nc1c(Br)c1nc(cc3cc(C(=O)OC)c(cc4ccc([nH]4)c2-c2c(C)cc(C)cc2C)[nH]3)C(C)(C)C1. The first-order chi connectivity index (χ1) is 20.9. The maximum Gasteiger partial charge on any atom is 0.340 e. The smallest absolute Gasteiger partial charge is 0.340 e. The lowest BCUT2D eigenvalue weighted by molar-refractivity contribution is -0.133. The Morgan fingerprint density at radius 1 is 0.841 bits per heavy atom. The molecule has 0 saturated carbocycles. The summed E-state index contributed by atoms with van der Waals surface area (Å²) in [6.07, 6.45) is 2.40. The number of carbonyl (C=O) groups excluding carboxylic acids is 2. The number of aryl methyl sites for hydroxylation is 3. The molecule has 5 heterocycles. The summed E-state index contributed by atoms with van der Waals surface area (Å²) < 4.78 is 11.0. The van der Waals surface area contributed by atoms with Crippen molar-refractivity contribution in [2.24, 2.45) is 0 Å². The second kappa shape index (κ2) is 10.9. The molecular weight excluding hydrogens is 620 g/mol. The molecule has 9 heteroatoms. The van der Waals surface area contributed by atoms with Crippen LogP contribution in [-0.4, -0.2) is 46.1 Å². The average molecular weight is 654 g/mol. The second-order valence-electron chi connectivity index (χ2n) is 12.0. The highest BCUT2D eigenvalue weighted by Crippen LogP contribution is 2.40. The topological polar surface area (TPSA) is 110 Å². The fraction of sp³-hybridized carbons (Fsp3) is 0.257. The summed E-state index contributed by atoms with van der Waals surface area (Å²) in [6.45, 7) is 10.5. The normalized spacial score (nSPS) is 13.9. The van der Waals surface area contributed by atoms with Gasteiger partial charge in [-0.2, -0.15) is 0 Å². The van der Waals surface area contributed by atoms with Crippen molar-refractivity contribution < 1.29 is 19.1 Å². The monoisotopic (exact) mass is 652 g/mol. The molecule has 4 aromatic rings. The number of rotatable bonds is 3. The van der Waals surface area contributed by atoms with Crippen molar-refractivity contribution in [3.63, 3.8) is 0 Å². The number of hydrogen-bond donors (Lipinski definition) is 2. The van der Waals surface area contributed by atoms with Crippen LogP contribution in [0.25, 0.3) is 44.8 Å². The van der Waals surface area contributed by atoms with E-state index < -0.39 is 11.9 Å². The number of hydrogen-bond acceptors (Lipinski definition) is 6. The zero-order chi connectivity index (χ0) is 31.5. The van der Waals surface area contributed by atoms with E-state index >= 15 is 0 Å². The van der Waals surface area contributed by atoms with Crippen LogP contribution in [0, 0.1) is 20.8 Å². The number of methoxy groups -OCH3 is 2. The Hall–Kier alpha value is -4.50. The molecule has 8 bridgehead atoms. The number of H-pyrrole nitrogens is 2. The third kappa shape index (κ3) is 5.05. The Kier molecular flexibility index (Phi) is 7.32. The van der Waals surface area contributed by atoms with E-state index in [9.17, 15) is 9.59 Å². The van der Waals surface area contributed by atoms with Crippen LogP contribution in [0.3, 0.4) is 0 Å². The molecule has 224 valence electrons. The van der Waals surface area contributed by atoms with Crippen LogP contribution in [-0.2, 0) is 26.1 Å². The molecule has 2 N–H and O–H groups in total. The molecule has 0 spiro atoms. The Balaban J connectivity index is 1.83. The number of benzene rings is 1. The minimum atomic E-state index is -0.478. The standard InChI is InChI=1S/C35H33BrN4O4/c1-17-10-18(2)29(19(3)11-17)30-24-9-8-20(37-24)13-25-22(33(41)43-6)12-21(38-25)14-28-35(4,5)16-27(39-28)31(36)32-23(34(42)44-7)15-26(30)40-32/h8-15,37-38H,16H2,1-7H3. The Morgan fingerprint density at radius 2 is 1.52 bits per heavy atom. The van der Waals surface area contributed by atoms with Crippen LogP contribution >= 0.6 is 15.9 Å². The van der Waals surface area contributed by atoms with Gasteiger partial charge in [-0.05, 0) is 89.8 Å². The van der Waals surface area contributed by atoms with Gasteiger partial charge in [-0.25, -0.2) is 14.6 Å². The fourth-order valence-electron chi connectivity index (χ4n) is 6.20. The van der Waals surface area contributed by atoms with E-state index in [0.29, 0.717) is 38.9 Å². The van der Waals surface area contributed by atoms with E-state index in [-0.39, 0.29) is 5.41 Å². The van der Waals surface area contributed by atoms with E-state index in [1.54, 1.807) is 12.1 Å². The number of nitrogens with one attached hydrogen (secondary N) is 2. The molecule has 6 rings (SSSR count). The third-order valence-electron chi connectivity index (χ3n) is 8.22. The highest BCUT2D eigenvalue weighted by atomic mass is 79.9. The lowest BCUT2D eigenvalue weighted by Crippen LogP contribution is -2.15. The molecule has 2 aliphatic heterocycles. The molecule has 0 atom stereocenters. The molecular formula is C35H33BrN4O4. The van der Waals surface area contributed by atoms with E-state index in [2.05, 4.69) is 72.6 Å². The van der Waals surface area contributed by atoms with Crippen molar-refractivity contribution in [1.82, 2.24) is 19.9 Å². The lowest BCUT2D eigenvalue weighted by Gasteiger charge is -2.16. The van der Waals surface area contributed by atoms with Crippen molar-refractivity contribution in [1.29, 1.82) is 0 Å². The van der Waals surface area contributed by atoms with E-state index in [1.807, 2.05) is 24.3 Å². The Morgan fingerprint density at radius 3 is 2.20 bits per heavy atom. The fourth-order valence-corrected chi connectivity index (χ4v) is 6.73. The molecule has 0 unspecified atom stereocenters. The molecule has 3 aromatic heterocycles. The number of aromatic nitrogens is 4. The lowest BCUT2D eigenvalue weighted by atomic mass is 9.87. The predicted octanol–water partition coefficient (Wildman–Crippen LogP) is 7.69. The number of esters is 2. The summed E-state index contributed by atoms with van der Waals surface area (Å²) in [5.74, 6) is -0.914. The summed E-state index contributed by atoms with van der Waals surface area (Å²) in [4.78, 5) is 43.0. The molecule has 1 aromatic carbocycles. The van der Waals surface area contributed by atoms with Gasteiger partial charge in [0.1, 0.15) is 0 Å². The summed E-state index contributed by atoms with van der Waals surface area (Å²) in [5.41, 5.74) is 11.2. The van der Waals surface area contributed by atoms with Gasteiger partial charge >= 0.3 is 11.9 Å². The van der Waals surface area contributed by atoms with Crippen molar-refractivity contribution >= 4 is 61.6 Å². The first-order valence-corrected chi connectivity index (χ1v) is 15.1. The van der Waals surface area contributed by atoms with E-state index in [0.717, 1.165) is 55.8 Å². The zero-order valence-corrected chi connectivity index (χ0v) is 27.3. The quantitative estimate of drug-likeness (QED) is 0.220. The summed E-state index contributed by atoms with van der Waals surface area (Å²) in [6, 6.07) is 13.8. The zero-order valence-electron chi connectivity index (χ0n) is 25.7. The first kappa shape index (κ1) is 29.6. The van der Waals surface area contributed by atoms with E-state index in [1.165, 1.54) is 14.2 Å². The second-order valence-corrected chi connectivity index (χ2v) is 12.8. The van der Waals surface area contributed by atoms with Gasteiger partial charge in [0, 0.05) is 39.6 Å². The van der Waals surface area contributed by atoms with Gasteiger partial charge in [-0.1, -0.05) is 31.5 Å². The predicted molar refractivity (Wildman–Crippen MR) is 176 cm³/mol. The number of nitrogens with zero attached hydrogens (tertiary/aromatic N) is 2. The van der Waals surface area contributed by atoms with Crippen LogP contribution in [0.4, 0.5) is 0 Å². The molecule has 0 radical (unpaired) electrons. The number of fused-ring (bicyclic) bond motifs is 8.